The molecule has 0 fully saturated rings. The maximum Gasteiger partial charge on any atom is 0.124 e. The molecule has 0 spiro atoms. The maximum atomic E-state index is 9.57. The molecule has 0 saturated heterocycles. The van der Waals surface area contributed by atoms with E-state index in [-0.39, 0.29) is 24.6 Å². The fourth-order valence-corrected chi connectivity index (χ4v) is 1.44. The Morgan fingerprint density at radius 1 is 1.00 bits per heavy atom. The molecular weight excluding hydrogens is 205 g/mol. The minimum atomic E-state index is 0. The molecule has 2 rings (SSSR count). The summed E-state index contributed by atoms with van der Waals surface area (Å²) in [6, 6.07) is 15.0. The quantitative estimate of drug-likeness (QED) is 0.609. The summed E-state index contributed by atoms with van der Waals surface area (Å²) in [4.78, 5) is 4.35. The summed E-state index contributed by atoms with van der Waals surface area (Å²) in [6.45, 7) is 2.01. The molecule has 0 saturated carbocycles. The van der Waals surface area contributed by atoms with Gasteiger partial charge in [-0.1, -0.05) is 30.3 Å². The molecule has 2 nitrogen and oxygen atoms in total. The zero-order valence-electron chi connectivity index (χ0n) is 10.1. The molecule has 17 heavy (non-hydrogen) atoms. The fraction of sp³-hybridized carbons (Fsp3) is 0.0714. The van der Waals surface area contributed by atoms with Crippen LogP contribution in [0.25, 0.3) is 0 Å². The van der Waals surface area contributed by atoms with Gasteiger partial charge >= 0.3 is 0 Å². The van der Waals surface area contributed by atoms with Crippen molar-refractivity contribution in [3.05, 3.63) is 59.7 Å². The van der Waals surface area contributed by atoms with E-state index in [1.54, 1.807) is 18.3 Å². The molecule has 0 aromatic heterocycles. The molecule has 0 aliphatic carbocycles. The second-order valence-corrected chi connectivity index (χ2v) is 3.60. The van der Waals surface area contributed by atoms with Crippen molar-refractivity contribution >= 4 is 30.8 Å². The zero-order valence-corrected chi connectivity index (χ0v) is 10.1. The van der Waals surface area contributed by atoms with Gasteiger partial charge in [0.1, 0.15) is 5.75 Å². The number of hydrogen-bond donors (Lipinski definition) is 1. The molecule has 1 radical (unpaired) electrons. The Labute approximate surface area is 113 Å². The summed E-state index contributed by atoms with van der Waals surface area (Å²) in [7, 11) is 0. The Kier molecular flexibility index (Phi) is 5.02. The molecule has 0 unspecified atom stereocenters. The van der Waals surface area contributed by atoms with Gasteiger partial charge in [0.2, 0.25) is 0 Å². The second-order valence-electron chi connectivity index (χ2n) is 3.60. The van der Waals surface area contributed by atoms with Gasteiger partial charge < -0.3 is 5.11 Å². The van der Waals surface area contributed by atoms with E-state index >= 15 is 0 Å². The van der Waals surface area contributed by atoms with Crippen LogP contribution in [0, 0.1) is 6.92 Å². The van der Waals surface area contributed by atoms with E-state index in [0.29, 0.717) is 0 Å². The maximum absolute atomic E-state index is 9.57. The third-order valence-electron chi connectivity index (χ3n) is 2.39. The van der Waals surface area contributed by atoms with Crippen molar-refractivity contribution in [2.24, 2.45) is 4.99 Å². The van der Waals surface area contributed by atoms with Gasteiger partial charge in [-0.05, 0) is 30.7 Å². The van der Waals surface area contributed by atoms with Crippen molar-refractivity contribution in [1.82, 2.24) is 0 Å². The fourth-order valence-electron chi connectivity index (χ4n) is 1.44. The number of aliphatic imine (C=N–C) groups is 1. The monoisotopic (exact) mass is 218 g/mol. The van der Waals surface area contributed by atoms with Crippen LogP contribution in [0.15, 0.2) is 53.5 Å². The Morgan fingerprint density at radius 2 is 1.65 bits per heavy atom. The number of rotatable bonds is 2. The molecule has 0 aliphatic rings. The van der Waals surface area contributed by atoms with Crippen molar-refractivity contribution in [3.8, 4) is 5.75 Å². The van der Waals surface area contributed by atoms with Gasteiger partial charge in [0.05, 0.1) is 5.69 Å². The third-order valence-corrected chi connectivity index (χ3v) is 2.39. The topological polar surface area (TPSA) is 32.6 Å². The number of hydrogen-bond acceptors (Lipinski definition) is 2. The van der Waals surface area contributed by atoms with Crippen LogP contribution in [-0.2, 0) is 0 Å². The Balaban J connectivity index is 0.00000144. The Morgan fingerprint density at radius 3 is 2.35 bits per heavy atom. The zero-order chi connectivity index (χ0) is 11.4. The molecule has 0 bridgehead atoms. The third kappa shape index (κ3) is 3.49. The van der Waals surface area contributed by atoms with Gasteiger partial charge in [-0.25, -0.2) is 0 Å². The first-order chi connectivity index (χ1) is 7.77. The van der Waals surface area contributed by atoms with Crippen molar-refractivity contribution in [1.29, 1.82) is 0 Å². The molecule has 2 aromatic carbocycles. The SMILES string of the molecule is Cc1ccccc1N=Cc1ccccc1O.[Li]. The minimum absolute atomic E-state index is 0. The van der Waals surface area contributed by atoms with Crippen LogP contribution in [0.2, 0.25) is 0 Å². The van der Waals surface area contributed by atoms with Gasteiger partial charge in [-0.3, -0.25) is 4.99 Å². The Hall–Kier alpha value is -1.49. The van der Waals surface area contributed by atoms with Crippen LogP contribution < -0.4 is 0 Å². The van der Waals surface area contributed by atoms with Crippen LogP contribution in [-0.4, -0.2) is 30.2 Å². The summed E-state index contributed by atoms with van der Waals surface area (Å²) in [5.41, 5.74) is 2.77. The van der Waals surface area contributed by atoms with E-state index in [9.17, 15) is 5.11 Å². The van der Waals surface area contributed by atoms with E-state index in [4.69, 9.17) is 0 Å². The standard InChI is InChI=1S/C14H13NO.Li/c1-11-6-2-4-8-13(11)15-10-12-7-3-5-9-14(12)16;/h2-10,16H,1H3;. The summed E-state index contributed by atoms with van der Waals surface area (Å²) in [6.07, 6.45) is 1.68. The molecule has 1 N–H and O–H groups in total. The van der Waals surface area contributed by atoms with Crippen LogP contribution in [0.1, 0.15) is 11.1 Å². The normalized spacial score (nSPS) is 10.2. The number of phenolic OH excluding ortho intramolecular Hbond substituents is 1. The average Bonchev–Trinajstić information content (AvgIpc) is 2.30. The summed E-state index contributed by atoms with van der Waals surface area (Å²) < 4.78 is 0. The number of para-hydroxylation sites is 2. The molecule has 2 aromatic rings. The predicted octanol–water partition coefficient (Wildman–Crippen LogP) is 3.07. The van der Waals surface area contributed by atoms with Crippen LogP contribution in [0.3, 0.4) is 0 Å². The van der Waals surface area contributed by atoms with E-state index in [1.807, 2.05) is 43.3 Å². The van der Waals surface area contributed by atoms with E-state index in [1.165, 1.54) is 0 Å². The van der Waals surface area contributed by atoms with Gasteiger partial charge in [0.15, 0.2) is 0 Å². The van der Waals surface area contributed by atoms with Gasteiger partial charge in [-0.2, -0.15) is 0 Å². The summed E-state index contributed by atoms with van der Waals surface area (Å²) in [5, 5.41) is 9.57. The minimum Gasteiger partial charge on any atom is -0.507 e. The number of aryl methyl sites for hydroxylation is 1. The first-order valence-corrected chi connectivity index (χ1v) is 5.15. The van der Waals surface area contributed by atoms with Crippen molar-refractivity contribution in [3.63, 3.8) is 0 Å². The molecule has 81 valence electrons. The molecule has 0 heterocycles. The van der Waals surface area contributed by atoms with Crippen molar-refractivity contribution < 1.29 is 5.11 Å². The number of phenols is 1. The van der Waals surface area contributed by atoms with Crippen molar-refractivity contribution in [2.45, 2.75) is 6.92 Å². The first kappa shape index (κ1) is 13.6. The number of nitrogens with zero attached hydrogens (tertiary/aromatic N) is 1. The average molecular weight is 218 g/mol. The molecule has 0 amide bonds. The van der Waals surface area contributed by atoms with Crippen LogP contribution in [0.5, 0.6) is 5.75 Å². The number of benzene rings is 2. The largest absolute Gasteiger partial charge is 0.507 e. The Bertz CT molecular complexity index is 476. The predicted molar refractivity (Wildman–Crippen MR) is 72.3 cm³/mol. The van der Waals surface area contributed by atoms with Crippen LogP contribution >= 0.6 is 0 Å². The smallest absolute Gasteiger partial charge is 0.124 e. The molecular formula is C14H13LiNO. The van der Waals surface area contributed by atoms with Gasteiger partial charge in [-0.15, -0.1) is 0 Å². The summed E-state index contributed by atoms with van der Waals surface area (Å²) in [5.74, 6) is 0.250. The van der Waals surface area contributed by atoms with E-state index < -0.39 is 0 Å². The van der Waals surface area contributed by atoms with Gasteiger partial charge in [0, 0.05) is 30.6 Å². The second kappa shape index (κ2) is 6.29. The van der Waals surface area contributed by atoms with E-state index in [2.05, 4.69) is 4.99 Å². The van der Waals surface area contributed by atoms with E-state index in [0.717, 1.165) is 16.8 Å². The van der Waals surface area contributed by atoms with Crippen LogP contribution in [0.4, 0.5) is 5.69 Å². The van der Waals surface area contributed by atoms with Gasteiger partial charge in [0.25, 0.3) is 0 Å². The number of aromatic hydroxyl groups is 1. The van der Waals surface area contributed by atoms with Crippen molar-refractivity contribution in [2.75, 3.05) is 0 Å². The molecule has 3 heteroatoms. The molecule has 0 aliphatic heterocycles. The molecule has 0 atom stereocenters. The first-order valence-electron chi connectivity index (χ1n) is 5.15. The summed E-state index contributed by atoms with van der Waals surface area (Å²) >= 11 is 0.